The van der Waals surface area contributed by atoms with Crippen LogP contribution in [0.15, 0.2) is 39.7 Å². The summed E-state index contributed by atoms with van der Waals surface area (Å²) in [6.45, 7) is 5.33. The van der Waals surface area contributed by atoms with Crippen molar-refractivity contribution < 1.29 is 4.42 Å². The van der Waals surface area contributed by atoms with E-state index in [1.807, 2.05) is 13.8 Å². The highest BCUT2D eigenvalue weighted by Gasteiger charge is 2.06. The van der Waals surface area contributed by atoms with Crippen LogP contribution in [0.4, 0.5) is 0 Å². The molecule has 6 heteroatoms. The summed E-state index contributed by atoms with van der Waals surface area (Å²) < 4.78 is 5.55. The van der Waals surface area contributed by atoms with Crippen LogP contribution >= 0.6 is 24.0 Å². The number of nitrogens with one attached hydrogen (secondary N) is 2. The normalized spacial score (nSPS) is 11.1. The summed E-state index contributed by atoms with van der Waals surface area (Å²) in [4.78, 5) is 8.58. The first kappa shape index (κ1) is 21.5. The fraction of sp³-hybridized carbons (Fsp3) is 0.474. The van der Waals surface area contributed by atoms with E-state index in [1.54, 1.807) is 7.05 Å². The lowest BCUT2D eigenvalue weighted by Crippen LogP contribution is -2.37. The van der Waals surface area contributed by atoms with Crippen molar-refractivity contribution in [2.24, 2.45) is 4.99 Å². The summed E-state index contributed by atoms with van der Waals surface area (Å²) >= 11 is 0. The fourth-order valence-corrected chi connectivity index (χ4v) is 2.48. The second-order valence-corrected chi connectivity index (χ2v) is 5.90. The van der Waals surface area contributed by atoms with E-state index in [9.17, 15) is 0 Å². The topological polar surface area (TPSA) is 62.5 Å². The van der Waals surface area contributed by atoms with Crippen LogP contribution in [0.5, 0.6) is 0 Å². The smallest absolute Gasteiger partial charge is 0.214 e. The molecule has 0 aliphatic carbocycles. The molecule has 0 unspecified atom stereocenters. The molecule has 1 aromatic heterocycles. The molecule has 1 aromatic carbocycles. The van der Waals surface area contributed by atoms with Crippen LogP contribution in [0.3, 0.4) is 0 Å². The maximum absolute atomic E-state index is 5.55. The van der Waals surface area contributed by atoms with Crippen molar-refractivity contribution in [3.05, 3.63) is 53.2 Å². The summed E-state index contributed by atoms with van der Waals surface area (Å²) in [5.41, 5.74) is 2.35. The van der Waals surface area contributed by atoms with Gasteiger partial charge in [-0.3, -0.25) is 4.99 Å². The average molecular weight is 456 g/mol. The Balaban J connectivity index is 0.00000312. The Hall–Kier alpha value is -1.57. The number of rotatable bonds is 8. The third-order valence-corrected chi connectivity index (χ3v) is 3.98. The highest BCUT2D eigenvalue weighted by atomic mass is 127. The van der Waals surface area contributed by atoms with E-state index in [1.165, 1.54) is 18.4 Å². The fourth-order valence-electron chi connectivity index (χ4n) is 2.48. The van der Waals surface area contributed by atoms with Gasteiger partial charge < -0.3 is 15.1 Å². The lowest BCUT2D eigenvalue weighted by Gasteiger charge is -2.10. The molecule has 138 valence electrons. The maximum Gasteiger partial charge on any atom is 0.214 e. The van der Waals surface area contributed by atoms with Gasteiger partial charge in [-0.25, -0.2) is 4.98 Å². The predicted octanol–water partition coefficient (Wildman–Crippen LogP) is 3.99. The molecular formula is C19H29IN4O. The largest absolute Gasteiger partial charge is 0.444 e. The quantitative estimate of drug-likeness (QED) is 0.273. The molecule has 0 bridgehead atoms. The molecule has 0 saturated carbocycles. The molecule has 0 saturated heterocycles. The number of benzene rings is 1. The number of nitrogens with zero attached hydrogens (tertiary/aromatic N) is 2. The van der Waals surface area contributed by atoms with Crippen molar-refractivity contribution in [3.8, 4) is 0 Å². The molecule has 0 fully saturated rings. The van der Waals surface area contributed by atoms with Gasteiger partial charge in [0.2, 0.25) is 5.89 Å². The molecule has 1 heterocycles. The maximum atomic E-state index is 5.55. The number of aromatic nitrogens is 1. The summed E-state index contributed by atoms with van der Waals surface area (Å²) in [5.74, 6) is 2.34. The van der Waals surface area contributed by atoms with E-state index >= 15 is 0 Å². The molecule has 2 rings (SSSR count). The minimum Gasteiger partial charge on any atom is -0.444 e. The van der Waals surface area contributed by atoms with E-state index in [-0.39, 0.29) is 24.0 Å². The zero-order valence-electron chi connectivity index (χ0n) is 15.3. The number of unbranched alkanes of at least 4 members (excludes halogenated alkanes) is 2. The van der Waals surface area contributed by atoms with Gasteiger partial charge in [-0.2, -0.15) is 0 Å². The molecule has 0 spiro atoms. The number of aryl methyl sites for hydroxylation is 3. The first-order valence-electron chi connectivity index (χ1n) is 8.60. The third-order valence-electron chi connectivity index (χ3n) is 3.98. The van der Waals surface area contributed by atoms with Gasteiger partial charge >= 0.3 is 0 Å². The van der Waals surface area contributed by atoms with Crippen molar-refractivity contribution in [2.75, 3.05) is 13.6 Å². The zero-order chi connectivity index (χ0) is 17.2. The Morgan fingerprint density at radius 3 is 2.48 bits per heavy atom. The van der Waals surface area contributed by atoms with Crippen molar-refractivity contribution in [2.45, 2.75) is 46.1 Å². The monoisotopic (exact) mass is 456 g/mol. The molecular weight excluding hydrogens is 427 g/mol. The van der Waals surface area contributed by atoms with Crippen LogP contribution in [0, 0.1) is 13.8 Å². The summed E-state index contributed by atoms with van der Waals surface area (Å²) in [6, 6.07) is 10.6. The van der Waals surface area contributed by atoms with Crippen LogP contribution < -0.4 is 10.6 Å². The number of aliphatic imine (C=N–C) groups is 1. The van der Waals surface area contributed by atoms with Gasteiger partial charge in [0.25, 0.3) is 0 Å². The SMILES string of the molecule is CN=C(NCCCCCc1ccccc1)NCc1nc(C)c(C)o1.I. The number of hydrogen-bond donors (Lipinski definition) is 2. The van der Waals surface area contributed by atoms with E-state index in [0.717, 1.165) is 36.8 Å². The molecule has 0 amide bonds. The van der Waals surface area contributed by atoms with Crippen molar-refractivity contribution in [1.82, 2.24) is 15.6 Å². The van der Waals surface area contributed by atoms with Crippen molar-refractivity contribution >= 4 is 29.9 Å². The molecule has 25 heavy (non-hydrogen) atoms. The van der Waals surface area contributed by atoms with Gasteiger partial charge in [-0.05, 0) is 38.7 Å². The summed E-state index contributed by atoms with van der Waals surface area (Å²) in [5, 5.41) is 6.55. The Kier molecular flexibility index (Phi) is 10.2. The van der Waals surface area contributed by atoms with Crippen LogP contribution in [-0.2, 0) is 13.0 Å². The van der Waals surface area contributed by atoms with Gasteiger partial charge in [0.15, 0.2) is 5.96 Å². The second-order valence-electron chi connectivity index (χ2n) is 5.90. The van der Waals surface area contributed by atoms with Gasteiger partial charge in [-0.1, -0.05) is 36.8 Å². The lowest BCUT2D eigenvalue weighted by atomic mass is 10.1. The highest BCUT2D eigenvalue weighted by Crippen LogP contribution is 2.08. The first-order chi connectivity index (χ1) is 11.7. The number of halogens is 1. The lowest BCUT2D eigenvalue weighted by molar-refractivity contribution is 0.463. The number of guanidine groups is 1. The third kappa shape index (κ3) is 7.90. The van der Waals surface area contributed by atoms with E-state index in [2.05, 4.69) is 50.9 Å². The standard InChI is InChI=1S/C19H28N4O.HI/c1-15-16(2)24-18(23-15)14-22-19(20-3)21-13-9-5-8-12-17-10-6-4-7-11-17;/h4,6-7,10-11H,5,8-9,12-14H2,1-3H3,(H2,20,21,22);1H. The second kappa shape index (κ2) is 11.9. The van der Waals surface area contributed by atoms with Crippen LogP contribution in [0.25, 0.3) is 0 Å². The van der Waals surface area contributed by atoms with Gasteiger partial charge in [0.05, 0.1) is 12.2 Å². The van der Waals surface area contributed by atoms with Crippen molar-refractivity contribution in [3.63, 3.8) is 0 Å². The summed E-state index contributed by atoms with van der Waals surface area (Å²) in [7, 11) is 1.77. The first-order valence-corrected chi connectivity index (χ1v) is 8.60. The minimum absolute atomic E-state index is 0. The van der Waals surface area contributed by atoms with E-state index in [0.29, 0.717) is 12.4 Å². The van der Waals surface area contributed by atoms with Gasteiger partial charge in [0.1, 0.15) is 5.76 Å². The Labute approximate surface area is 167 Å². The molecule has 5 nitrogen and oxygen atoms in total. The highest BCUT2D eigenvalue weighted by molar-refractivity contribution is 14.0. The van der Waals surface area contributed by atoms with Gasteiger partial charge in [0, 0.05) is 13.6 Å². The number of hydrogen-bond acceptors (Lipinski definition) is 3. The molecule has 0 aliphatic heterocycles. The summed E-state index contributed by atoms with van der Waals surface area (Å²) in [6.07, 6.45) is 4.70. The van der Waals surface area contributed by atoms with E-state index < -0.39 is 0 Å². The Bertz CT molecular complexity index is 621. The Morgan fingerprint density at radius 1 is 1.08 bits per heavy atom. The number of oxazole rings is 1. The minimum atomic E-state index is 0. The molecule has 0 radical (unpaired) electrons. The molecule has 2 N–H and O–H groups in total. The average Bonchev–Trinajstić information content (AvgIpc) is 2.92. The molecule has 0 aliphatic rings. The van der Waals surface area contributed by atoms with Crippen LogP contribution in [0.1, 0.15) is 42.2 Å². The Morgan fingerprint density at radius 2 is 1.84 bits per heavy atom. The predicted molar refractivity (Wildman–Crippen MR) is 114 cm³/mol. The van der Waals surface area contributed by atoms with Crippen molar-refractivity contribution in [1.29, 1.82) is 0 Å². The van der Waals surface area contributed by atoms with Crippen LogP contribution in [-0.4, -0.2) is 24.5 Å². The van der Waals surface area contributed by atoms with Crippen LogP contribution in [0.2, 0.25) is 0 Å². The molecule has 0 atom stereocenters. The van der Waals surface area contributed by atoms with E-state index in [4.69, 9.17) is 4.42 Å². The van der Waals surface area contributed by atoms with Gasteiger partial charge in [-0.15, -0.1) is 24.0 Å². The zero-order valence-corrected chi connectivity index (χ0v) is 17.7. The molecule has 2 aromatic rings.